The summed E-state index contributed by atoms with van der Waals surface area (Å²) < 4.78 is 10.6. The zero-order chi connectivity index (χ0) is 15.1. The molecule has 21 heavy (non-hydrogen) atoms. The minimum absolute atomic E-state index is 0.0281. The third kappa shape index (κ3) is 2.71. The lowest BCUT2D eigenvalue weighted by Gasteiger charge is -2.09. The lowest BCUT2D eigenvalue weighted by atomic mass is 10.0. The summed E-state index contributed by atoms with van der Waals surface area (Å²) in [7, 11) is 0. The summed E-state index contributed by atoms with van der Waals surface area (Å²) in [6.45, 7) is 6.12. The first-order chi connectivity index (χ1) is 9.95. The predicted octanol–water partition coefficient (Wildman–Crippen LogP) is 3.11. The van der Waals surface area contributed by atoms with Gasteiger partial charge < -0.3 is 9.15 Å². The van der Waals surface area contributed by atoms with Gasteiger partial charge in [-0.3, -0.25) is 4.79 Å². The van der Waals surface area contributed by atoms with E-state index < -0.39 is 5.63 Å². The van der Waals surface area contributed by atoms with Gasteiger partial charge in [-0.15, -0.1) is 0 Å². The van der Waals surface area contributed by atoms with Gasteiger partial charge in [0.05, 0.1) is 5.92 Å². The smallest absolute Gasteiger partial charge is 0.336 e. The highest BCUT2D eigenvalue weighted by atomic mass is 16.5. The summed E-state index contributed by atoms with van der Waals surface area (Å²) in [5.74, 6) is 0.271. The molecule has 4 nitrogen and oxygen atoms in total. The van der Waals surface area contributed by atoms with E-state index >= 15 is 0 Å². The van der Waals surface area contributed by atoms with Crippen LogP contribution in [-0.2, 0) is 16.1 Å². The number of fused-ring (bicyclic) bond motifs is 1. The standard InChI is InChI=1S/C17H18O4/c1-9-4-14-12(8-20-17(19)13-5-11(13)3)7-16(18)21-15(14)6-10(9)2/h4,6-7,11,13H,5,8H2,1-3H3/t11-,13-/m0/s1. The van der Waals surface area contributed by atoms with Gasteiger partial charge >= 0.3 is 11.6 Å². The van der Waals surface area contributed by atoms with E-state index in [-0.39, 0.29) is 18.5 Å². The van der Waals surface area contributed by atoms with E-state index in [0.717, 1.165) is 22.9 Å². The van der Waals surface area contributed by atoms with E-state index in [0.29, 0.717) is 17.1 Å². The fourth-order valence-corrected chi connectivity index (χ4v) is 2.51. The van der Waals surface area contributed by atoms with Crippen molar-refractivity contribution >= 4 is 16.9 Å². The highest BCUT2D eigenvalue weighted by Gasteiger charge is 2.40. The fraction of sp³-hybridized carbons (Fsp3) is 0.412. The van der Waals surface area contributed by atoms with Crippen LogP contribution in [0, 0.1) is 25.7 Å². The molecular formula is C17H18O4. The van der Waals surface area contributed by atoms with Crippen LogP contribution in [-0.4, -0.2) is 5.97 Å². The molecule has 1 aliphatic carbocycles. The summed E-state index contributed by atoms with van der Waals surface area (Å²) in [5, 5.41) is 0.828. The molecule has 1 fully saturated rings. The SMILES string of the molecule is Cc1cc2oc(=O)cc(COC(=O)[C@H]3C[C@@H]3C)c2cc1C. The molecule has 2 aromatic rings. The predicted molar refractivity (Wildman–Crippen MR) is 79.0 cm³/mol. The quantitative estimate of drug-likeness (QED) is 0.642. The lowest BCUT2D eigenvalue weighted by Crippen LogP contribution is -2.09. The Balaban J connectivity index is 1.92. The summed E-state index contributed by atoms with van der Waals surface area (Å²) in [6.07, 6.45) is 0.898. The molecule has 1 aliphatic rings. The largest absolute Gasteiger partial charge is 0.461 e. The summed E-state index contributed by atoms with van der Waals surface area (Å²) in [5.41, 5.74) is 2.99. The van der Waals surface area contributed by atoms with Gasteiger partial charge in [-0.25, -0.2) is 4.79 Å². The average molecular weight is 286 g/mol. The van der Waals surface area contributed by atoms with Crippen molar-refractivity contribution in [1.82, 2.24) is 0 Å². The Labute approximate surface area is 122 Å². The summed E-state index contributed by atoms with van der Waals surface area (Å²) in [6, 6.07) is 5.22. The van der Waals surface area contributed by atoms with Crippen LogP contribution < -0.4 is 5.63 Å². The van der Waals surface area contributed by atoms with Crippen molar-refractivity contribution in [2.45, 2.75) is 33.8 Å². The molecule has 0 amide bonds. The molecule has 0 unspecified atom stereocenters. The molecule has 4 heteroatoms. The molecule has 0 saturated heterocycles. The first-order valence-corrected chi connectivity index (χ1v) is 7.16. The minimum atomic E-state index is -0.420. The molecule has 0 spiro atoms. The number of carbonyl (C=O) groups excluding carboxylic acids is 1. The Kier molecular flexibility index (Phi) is 3.32. The Bertz CT molecular complexity index is 772. The van der Waals surface area contributed by atoms with Crippen molar-refractivity contribution in [3.63, 3.8) is 0 Å². The van der Waals surface area contributed by atoms with Crippen LogP contribution in [0.25, 0.3) is 11.0 Å². The molecular weight excluding hydrogens is 268 g/mol. The van der Waals surface area contributed by atoms with E-state index in [1.807, 2.05) is 32.9 Å². The summed E-state index contributed by atoms with van der Waals surface area (Å²) in [4.78, 5) is 23.4. The van der Waals surface area contributed by atoms with Gasteiger partial charge in [-0.1, -0.05) is 6.92 Å². The van der Waals surface area contributed by atoms with Crippen molar-refractivity contribution in [2.75, 3.05) is 0 Å². The van der Waals surface area contributed by atoms with Crippen LogP contribution in [0.2, 0.25) is 0 Å². The molecule has 0 bridgehead atoms. The van der Waals surface area contributed by atoms with Crippen molar-refractivity contribution < 1.29 is 13.9 Å². The molecule has 2 atom stereocenters. The monoisotopic (exact) mass is 286 g/mol. The number of ether oxygens (including phenoxy) is 1. The number of aryl methyl sites for hydroxylation is 2. The van der Waals surface area contributed by atoms with Crippen molar-refractivity contribution in [3.05, 3.63) is 45.3 Å². The topological polar surface area (TPSA) is 56.5 Å². The van der Waals surface area contributed by atoms with E-state index in [9.17, 15) is 9.59 Å². The van der Waals surface area contributed by atoms with Crippen LogP contribution in [0.15, 0.2) is 27.4 Å². The van der Waals surface area contributed by atoms with Crippen LogP contribution in [0.3, 0.4) is 0 Å². The number of carbonyl (C=O) groups is 1. The molecule has 0 N–H and O–H groups in total. The second kappa shape index (κ2) is 5.02. The van der Waals surface area contributed by atoms with Crippen LogP contribution in [0.1, 0.15) is 30.0 Å². The van der Waals surface area contributed by atoms with Gasteiger partial charge in [0.15, 0.2) is 0 Å². The maximum Gasteiger partial charge on any atom is 0.336 e. The maximum atomic E-state index is 11.8. The molecule has 1 aromatic carbocycles. The Morgan fingerprint density at radius 1 is 1.29 bits per heavy atom. The number of benzene rings is 1. The van der Waals surface area contributed by atoms with Gasteiger partial charge in [-0.05, 0) is 49.4 Å². The van der Waals surface area contributed by atoms with E-state index in [1.165, 1.54) is 6.07 Å². The molecule has 1 saturated carbocycles. The minimum Gasteiger partial charge on any atom is -0.461 e. The van der Waals surface area contributed by atoms with Crippen molar-refractivity contribution in [3.8, 4) is 0 Å². The Hall–Kier alpha value is -2.10. The number of rotatable bonds is 3. The van der Waals surface area contributed by atoms with E-state index in [2.05, 4.69) is 0 Å². The van der Waals surface area contributed by atoms with Crippen molar-refractivity contribution in [2.24, 2.45) is 11.8 Å². The van der Waals surface area contributed by atoms with E-state index in [4.69, 9.17) is 9.15 Å². The molecule has 0 radical (unpaired) electrons. The second-order valence-corrected chi connectivity index (χ2v) is 5.95. The van der Waals surface area contributed by atoms with Gasteiger partial charge in [0.1, 0.15) is 12.2 Å². The Morgan fingerprint density at radius 2 is 1.95 bits per heavy atom. The molecule has 1 heterocycles. The van der Waals surface area contributed by atoms with E-state index in [1.54, 1.807) is 0 Å². The molecule has 3 rings (SSSR count). The van der Waals surface area contributed by atoms with Crippen molar-refractivity contribution in [1.29, 1.82) is 0 Å². The Morgan fingerprint density at radius 3 is 2.62 bits per heavy atom. The van der Waals surface area contributed by atoms with Crippen LogP contribution in [0.5, 0.6) is 0 Å². The molecule has 1 aromatic heterocycles. The van der Waals surface area contributed by atoms with Crippen LogP contribution in [0.4, 0.5) is 0 Å². The van der Waals surface area contributed by atoms with Crippen LogP contribution >= 0.6 is 0 Å². The summed E-state index contributed by atoms with van der Waals surface area (Å²) >= 11 is 0. The highest BCUT2D eigenvalue weighted by molar-refractivity contribution is 5.82. The lowest BCUT2D eigenvalue weighted by molar-refractivity contribution is -0.146. The third-order valence-electron chi connectivity index (χ3n) is 4.23. The first-order valence-electron chi connectivity index (χ1n) is 7.16. The van der Waals surface area contributed by atoms with Gasteiger partial charge in [0.25, 0.3) is 0 Å². The highest BCUT2D eigenvalue weighted by Crippen LogP contribution is 2.38. The zero-order valence-corrected chi connectivity index (χ0v) is 12.4. The number of hydrogen-bond donors (Lipinski definition) is 0. The average Bonchev–Trinajstić information content (AvgIpc) is 3.15. The third-order valence-corrected chi connectivity index (χ3v) is 4.23. The van der Waals surface area contributed by atoms with Gasteiger partial charge in [0.2, 0.25) is 0 Å². The first kappa shape index (κ1) is 13.9. The number of esters is 1. The van der Waals surface area contributed by atoms with Gasteiger partial charge in [-0.2, -0.15) is 0 Å². The molecule has 0 aliphatic heterocycles. The van der Waals surface area contributed by atoms with Gasteiger partial charge in [0, 0.05) is 17.0 Å². The molecule has 110 valence electrons. The maximum absolute atomic E-state index is 11.8. The normalized spacial score (nSPS) is 20.5. The fourth-order valence-electron chi connectivity index (χ4n) is 2.51. The second-order valence-electron chi connectivity index (χ2n) is 5.95. The zero-order valence-electron chi connectivity index (χ0n) is 12.4. The number of hydrogen-bond acceptors (Lipinski definition) is 4.